The Balaban J connectivity index is 1.94. The van der Waals surface area contributed by atoms with Gasteiger partial charge in [-0.25, -0.2) is 0 Å². The van der Waals surface area contributed by atoms with Crippen LogP contribution in [-0.4, -0.2) is 53.5 Å². The third-order valence-corrected chi connectivity index (χ3v) is 5.68. The number of nitrogens with two attached hydrogens (primary N) is 1. The quantitative estimate of drug-likeness (QED) is 0.868. The van der Waals surface area contributed by atoms with Gasteiger partial charge in [-0.15, -0.1) is 0 Å². The van der Waals surface area contributed by atoms with E-state index >= 15 is 0 Å². The average molecular weight is 295 g/mol. The van der Waals surface area contributed by atoms with Crippen molar-refractivity contribution in [3.05, 3.63) is 0 Å². The van der Waals surface area contributed by atoms with Crippen molar-refractivity contribution in [2.45, 2.75) is 76.9 Å². The summed E-state index contributed by atoms with van der Waals surface area (Å²) in [5, 5.41) is 0. The van der Waals surface area contributed by atoms with Crippen LogP contribution in [0.15, 0.2) is 0 Å². The van der Waals surface area contributed by atoms with Gasteiger partial charge in [0.05, 0.1) is 5.92 Å². The highest BCUT2D eigenvalue weighted by molar-refractivity contribution is 5.80. The van der Waals surface area contributed by atoms with Crippen molar-refractivity contribution < 1.29 is 4.79 Å². The van der Waals surface area contributed by atoms with Gasteiger partial charge in [0.15, 0.2) is 0 Å². The summed E-state index contributed by atoms with van der Waals surface area (Å²) in [4.78, 5) is 17.4. The smallest absolute Gasteiger partial charge is 0.227 e. The van der Waals surface area contributed by atoms with Crippen LogP contribution < -0.4 is 5.73 Å². The maximum atomic E-state index is 12.9. The zero-order valence-corrected chi connectivity index (χ0v) is 14.3. The van der Waals surface area contributed by atoms with Crippen LogP contribution in [0.2, 0.25) is 0 Å². The van der Waals surface area contributed by atoms with Gasteiger partial charge >= 0.3 is 0 Å². The first-order valence-corrected chi connectivity index (χ1v) is 8.62. The Morgan fingerprint density at radius 3 is 2.38 bits per heavy atom. The van der Waals surface area contributed by atoms with Gasteiger partial charge in [0.1, 0.15) is 0 Å². The average Bonchev–Trinajstić information content (AvgIpc) is 2.45. The molecule has 1 heterocycles. The van der Waals surface area contributed by atoms with Crippen LogP contribution in [0.4, 0.5) is 0 Å². The van der Waals surface area contributed by atoms with E-state index in [-0.39, 0.29) is 17.4 Å². The summed E-state index contributed by atoms with van der Waals surface area (Å²) in [6.07, 6.45) is 6.42. The second-order valence-corrected chi connectivity index (χ2v) is 7.61. The summed E-state index contributed by atoms with van der Waals surface area (Å²) in [5.41, 5.74) is 6.08. The lowest BCUT2D eigenvalue weighted by Crippen LogP contribution is -2.56. The molecular formula is C17H33N3O. The Kier molecular flexibility index (Phi) is 5.31. The van der Waals surface area contributed by atoms with Gasteiger partial charge in [0, 0.05) is 37.8 Å². The van der Waals surface area contributed by atoms with E-state index in [1.807, 2.05) is 11.9 Å². The van der Waals surface area contributed by atoms with Crippen molar-refractivity contribution in [3.8, 4) is 0 Å². The number of likely N-dealkylation sites (tertiary alicyclic amines) is 1. The lowest BCUT2D eigenvalue weighted by atomic mass is 9.74. The molecule has 2 atom stereocenters. The topological polar surface area (TPSA) is 49.6 Å². The Labute approximate surface area is 130 Å². The Bertz CT molecular complexity index is 359. The summed E-state index contributed by atoms with van der Waals surface area (Å²) in [6, 6.07) is 1.00. The predicted octanol–water partition coefficient (Wildman–Crippen LogP) is 2.23. The van der Waals surface area contributed by atoms with Crippen molar-refractivity contribution in [2.24, 2.45) is 11.7 Å². The molecule has 2 N–H and O–H groups in total. The second kappa shape index (κ2) is 6.66. The van der Waals surface area contributed by atoms with E-state index in [1.54, 1.807) is 0 Å². The molecule has 1 aliphatic heterocycles. The largest absolute Gasteiger partial charge is 0.342 e. The molecule has 0 aromatic heterocycles. The van der Waals surface area contributed by atoms with E-state index in [1.165, 1.54) is 0 Å². The molecule has 21 heavy (non-hydrogen) atoms. The third-order valence-electron chi connectivity index (χ3n) is 5.68. The number of hydrogen-bond acceptors (Lipinski definition) is 3. The molecule has 4 nitrogen and oxygen atoms in total. The lowest BCUT2D eigenvalue weighted by molar-refractivity contribution is -0.140. The molecule has 1 saturated carbocycles. The molecule has 1 aliphatic carbocycles. The molecule has 1 amide bonds. The van der Waals surface area contributed by atoms with Gasteiger partial charge < -0.3 is 15.5 Å². The molecule has 0 bridgehead atoms. The molecule has 2 rings (SSSR count). The maximum Gasteiger partial charge on any atom is 0.227 e. The van der Waals surface area contributed by atoms with E-state index in [0.29, 0.717) is 12.1 Å². The fraction of sp³-hybridized carbons (Fsp3) is 0.941. The molecule has 0 radical (unpaired) electrons. The van der Waals surface area contributed by atoms with Crippen molar-refractivity contribution in [1.82, 2.24) is 9.80 Å². The van der Waals surface area contributed by atoms with Crippen LogP contribution in [0.25, 0.3) is 0 Å². The SMILES string of the molecule is CC(C)N1CCC(N(C)C(=O)C2CCCCC2(C)N)CC1. The standard InChI is InChI=1S/C17H33N3O/c1-13(2)20-11-8-14(9-12-20)19(4)16(21)15-7-5-6-10-17(15,3)18/h13-15H,5-12,18H2,1-4H3. The minimum absolute atomic E-state index is 0.0133. The van der Waals surface area contributed by atoms with E-state index in [0.717, 1.165) is 51.6 Å². The van der Waals surface area contributed by atoms with E-state index in [9.17, 15) is 4.79 Å². The molecular weight excluding hydrogens is 262 g/mol. The molecule has 0 aromatic rings. The first-order valence-electron chi connectivity index (χ1n) is 8.62. The lowest BCUT2D eigenvalue weighted by Gasteiger charge is -2.43. The monoisotopic (exact) mass is 295 g/mol. The number of piperidine rings is 1. The number of nitrogens with zero attached hydrogens (tertiary/aromatic N) is 2. The highest BCUT2D eigenvalue weighted by Gasteiger charge is 2.40. The summed E-state index contributed by atoms with van der Waals surface area (Å²) in [5.74, 6) is 0.294. The summed E-state index contributed by atoms with van der Waals surface area (Å²) >= 11 is 0. The first-order chi connectivity index (χ1) is 9.83. The van der Waals surface area contributed by atoms with Crippen LogP contribution in [0, 0.1) is 5.92 Å². The van der Waals surface area contributed by atoms with Crippen LogP contribution >= 0.6 is 0 Å². The molecule has 2 aliphatic rings. The number of hydrogen-bond donors (Lipinski definition) is 1. The Morgan fingerprint density at radius 1 is 1.24 bits per heavy atom. The fourth-order valence-corrected chi connectivity index (χ4v) is 3.98. The zero-order valence-electron chi connectivity index (χ0n) is 14.3. The minimum Gasteiger partial charge on any atom is -0.342 e. The highest BCUT2D eigenvalue weighted by atomic mass is 16.2. The zero-order chi connectivity index (χ0) is 15.6. The number of carbonyl (C=O) groups excluding carboxylic acids is 1. The van der Waals surface area contributed by atoms with Crippen LogP contribution in [-0.2, 0) is 4.79 Å². The third kappa shape index (κ3) is 3.78. The van der Waals surface area contributed by atoms with Gasteiger partial charge in [0.2, 0.25) is 5.91 Å². The molecule has 1 saturated heterocycles. The second-order valence-electron chi connectivity index (χ2n) is 7.61. The van der Waals surface area contributed by atoms with Crippen molar-refractivity contribution in [1.29, 1.82) is 0 Å². The first kappa shape index (κ1) is 16.8. The van der Waals surface area contributed by atoms with Gasteiger partial charge in [0.25, 0.3) is 0 Å². The van der Waals surface area contributed by atoms with Crippen molar-refractivity contribution in [2.75, 3.05) is 20.1 Å². The number of rotatable bonds is 3. The molecule has 122 valence electrons. The summed E-state index contributed by atoms with van der Waals surface area (Å²) in [7, 11) is 1.99. The molecule has 0 aromatic carbocycles. The predicted molar refractivity (Wildman–Crippen MR) is 87.1 cm³/mol. The van der Waals surface area contributed by atoms with Gasteiger partial charge in [-0.3, -0.25) is 4.79 Å². The fourth-order valence-electron chi connectivity index (χ4n) is 3.98. The number of carbonyl (C=O) groups is 1. The van der Waals surface area contributed by atoms with Gasteiger partial charge in [-0.2, -0.15) is 0 Å². The molecule has 2 fully saturated rings. The van der Waals surface area contributed by atoms with Crippen molar-refractivity contribution >= 4 is 5.91 Å². The number of amides is 1. The molecule has 4 heteroatoms. The summed E-state index contributed by atoms with van der Waals surface area (Å²) in [6.45, 7) is 8.76. The van der Waals surface area contributed by atoms with E-state index in [2.05, 4.69) is 25.7 Å². The van der Waals surface area contributed by atoms with Crippen LogP contribution in [0.5, 0.6) is 0 Å². The Hall–Kier alpha value is -0.610. The molecule has 2 unspecified atom stereocenters. The normalized spacial score (nSPS) is 32.4. The minimum atomic E-state index is -0.317. The molecule has 0 spiro atoms. The van der Waals surface area contributed by atoms with Gasteiger partial charge in [-0.05, 0) is 46.5 Å². The van der Waals surface area contributed by atoms with Crippen molar-refractivity contribution in [3.63, 3.8) is 0 Å². The summed E-state index contributed by atoms with van der Waals surface area (Å²) < 4.78 is 0. The van der Waals surface area contributed by atoms with Crippen LogP contribution in [0.3, 0.4) is 0 Å². The maximum absolute atomic E-state index is 12.9. The van der Waals surface area contributed by atoms with Gasteiger partial charge in [-0.1, -0.05) is 12.8 Å². The van der Waals surface area contributed by atoms with E-state index in [4.69, 9.17) is 5.73 Å². The highest BCUT2D eigenvalue weighted by Crippen LogP contribution is 2.33. The van der Waals surface area contributed by atoms with E-state index < -0.39 is 0 Å². The Morgan fingerprint density at radius 2 is 1.86 bits per heavy atom. The van der Waals surface area contributed by atoms with Crippen LogP contribution in [0.1, 0.15) is 59.3 Å².